The highest BCUT2D eigenvalue weighted by molar-refractivity contribution is 5.98. The van der Waals surface area contributed by atoms with Crippen LogP contribution in [0, 0.1) is 0 Å². The Balaban J connectivity index is 1.26. The first-order valence-corrected chi connectivity index (χ1v) is 15.5. The summed E-state index contributed by atoms with van der Waals surface area (Å²) in [6, 6.07) is 15.7. The molecule has 0 radical (unpaired) electrons. The van der Waals surface area contributed by atoms with Gasteiger partial charge in [-0.3, -0.25) is 19.3 Å². The molecule has 2 aromatic rings. The monoisotopic (exact) mass is 576 g/mol. The molecular formula is C33H44N4O5. The fourth-order valence-corrected chi connectivity index (χ4v) is 6.37. The summed E-state index contributed by atoms with van der Waals surface area (Å²) in [5.41, 5.74) is 2.52. The second-order valence-corrected chi connectivity index (χ2v) is 11.8. The third-order valence-corrected chi connectivity index (χ3v) is 8.78. The summed E-state index contributed by atoms with van der Waals surface area (Å²) >= 11 is 0. The minimum absolute atomic E-state index is 0.0804. The fraction of sp³-hybridized carbons (Fsp3) is 0.545. The number of nitrogens with one attached hydrogen (secondary N) is 2. The van der Waals surface area contributed by atoms with Gasteiger partial charge in [-0.15, -0.1) is 0 Å². The van der Waals surface area contributed by atoms with Gasteiger partial charge in [-0.2, -0.15) is 0 Å². The molecule has 2 saturated heterocycles. The van der Waals surface area contributed by atoms with Gasteiger partial charge in [0.15, 0.2) is 6.10 Å². The van der Waals surface area contributed by atoms with E-state index in [0.29, 0.717) is 31.4 Å². The number of hydrogen-bond donors (Lipinski definition) is 3. The van der Waals surface area contributed by atoms with Gasteiger partial charge in [0, 0.05) is 44.2 Å². The van der Waals surface area contributed by atoms with Gasteiger partial charge in [0.2, 0.25) is 5.91 Å². The molecule has 3 atom stereocenters. The Kier molecular flexibility index (Phi) is 10.6. The van der Waals surface area contributed by atoms with Crippen LogP contribution in [0.4, 0.5) is 0 Å². The highest BCUT2D eigenvalue weighted by Gasteiger charge is 2.40. The maximum atomic E-state index is 14.0. The lowest BCUT2D eigenvalue weighted by Gasteiger charge is -2.32. The van der Waals surface area contributed by atoms with Crippen LogP contribution < -0.4 is 10.6 Å². The molecule has 1 aliphatic carbocycles. The molecule has 9 heteroatoms. The van der Waals surface area contributed by atoms with Crippen molar-refractivity contribution in [3.8, 4) is 0 Å². The molecule has 2 aromatic carbocycles. The molecule has 0 aromatic heterocycles. The van der Waals surface area contributed by atoms with Gasteiger partial charge >= 0.3 is 0 Å². The number of hydrogen-bond acceptors (Lipinski definition) is 6. The largest absolute Gasteiger partial charge is 0.381 e. The predicted octanol–water partition coefficient (Wildman–Crippen LogP) is 2.66. The Labute approximate surface area is 248 Å². The number of carbonyl (C=O) groups is 3. The molecule has 0 spiro atoms. The van der Waals surface area contributed by atoms with E-state index in [1.807, 2.05) is 42.5 Å². The van der Waals surface area contributed by atoms with Crippen LogP contribution in [0.2, 0.25) is 0 Å². The van der Waals surface area contributed by atoms with E-state index in [9.17, 15) is 19.5 Å². The number of likely N-dealkylation sites (tertiary alicyclic amines) is 1. The maximum absolute atomic E-state index is 14.0. The summed E-state index contributed by atoms with van der Waals surface area (Å²) in [5.74, 6) is -1.01. The van der Waals surface area contributed by atoms with E-state index in [1.165, 1.54) is 6.42 Å². The van der Waals surface area contributed by atoms with Crippen molar-refractivity contribution in [3.63, 3.8) is 0 Å². The molecule has 0 bridgehead atoms. The summed E-state index contributed by atoms with van der Waals surface area (Å²) in [4.78, 5) is 44.3. The van der Waals surface area contributed by atoms with Crippen LogP contribution in [0.25, 0.3) is 0 Å². The zero-order valence-electron chi connectivity index (χ0n) is 24.4. The molecule has 42 heavy (non-hydrogen) atoms. The number of aliphatic hydroxyl groups excluding tert-OH is 1. The van der Waals surface area contributed by atoms with Crippen LogP contribution in [0.15, 0.2) is 54.6 Å². The molecule has 3 aliphatic rings. The average Bonchev–Trinajstić information content (AvgIpc) is 3.52. The van der Waals surface area contributed by atoms with Crippen molar-refractivity contribution in [1.29, 1.82) is 0 Å². The molecule has 3 fully saturated rings. The Bertz CT molecular complexity index is 1180. The van der Waals surface area contributed by atoms with Gasteiger partial charge in [0.1, 0.15) is 6.04 Å². The minimum Gasteiger partial charge on any atom is -0.381 e. The second-order valence-electron chi connectivity index (χ2n) is 11.8. The van der Waals surface area contributed by atoms with Gasteiger partial charge in [-0.05, 0) is 48.9 Å². The lowest BCUT2D eigenvalue weighted by atomic mass is 9.95. The molecule has 2 unspecified atom stereocenters. The SMILES string of the molecule is O=C(N[C@@H](Cc1ccccc1)C(=O)N1CCCC1C(O)C(=O)NC1CCCCC1)c1ccc(CN2CCOCC2)cc1. The smallest absolute Gasteiger partial charge is 0.251 e. The third-order valence-electron chi connectivity index (χ3n) is 8.78. The van der Waals surface area contributed by atoms with Gasteiger partial charge in [0.05, 0.1) is 19.3 Å². The summed E-state index contributed by atoms with van der Waals surface area (Å²) < 4.78 is 5.43. The average molecular weight is 577 g/mol. The molecule has 9 nitrogen and oxygen atoms in total. The van der Waals surface area contributed by atoms with Gasteiger partial charge in [-0.1, -0.05) is 61.7 Å². The molecule has 5 rings (SSSR count). The van der Waals surface area contributed by atoms with E-state index in [2.05, 4.69) is 15.5 Å². The van der Waals surface area contributed by atoms with Crippen molar-refractivity contribution in [2.75, 3.05) is 32.8 Å². The molecule has 2 heterocycles. The van der Waals surface area contributed by atoms with Crippen LogP contribution in [0.1, 0.15) is 66.4 Å². The first-order valence-electron chi connectivity index (χ1n) is 15.5. The fourth-order valence-electron chi connectivity index (χ4n) is 6.37. The second kappa shape index (κ2) is 14.8. The molecular weight excluding hydrogens is 532 g/mol. The van der Waals surface area contributed by atoms with E-state index in [-0.39, 0.29) is 17.9 Å². The number of aliphatic hydroxyl groups is 1. The number of benzene rings is 2. The Morgan fingerprint density at radius 3 is 2.29 bits per heavy atom. The number of amides is 3. The zero-order valence-corrected chi connectivity index (χ0v) is 24.4. The maximum Gasteiger partial charge on any atom is 0.251 e. The van der Waals surface area contributed by atoms with Crippen molar-refractivity contribution in [3.05, 3.63) is 71.3 Å². The Morgan fingerprint density at radius 2 is 1.57 bits per heavy atom. The van der Waals surface area contributed by atoms with Crippen LogP contribution in [-0.4, -0.2) is 89.7 Å². The summed E-state index contributed by atoms with van der Waals surface area (Å²) in [6.45, 7) is 4.48. The Hall–Kier alpha value is -3.27. The van der Waals surface area contributed by atoms with Crippen molar-refractivity contribution in [2.45, 2.75) is 82.1 Å². The van der Waals surface area contributed by atoms with Crippen LogP contribution in [0.3, 0.4) is 0 Å². The lowest BCUT2D eigenvalue weighted by molar-refractivity contribution is -0.141. The number of rotatable bonds is 10. The molecule has 3 amide bonds. The molecule has 2 aliphatic heterocycles. The summed E-state index contributed by atoms with van der Waals surface area (Å²) in [5, 5.41) is 17.0. The van der Waals surface area contributed by atoms with Gasteiger partial charge in [-0.25, -0.2) is 0 Å². The van der Waals surface area contributed by atoms with Crippen molar-refractivity contribution < 1.29 is 24.2 Å². The highest BCUT2D eigenvalue weighted by atomic mass is 16.5. The van der Waals surface area contributed by atoms with Crippen LogP contribution in [0.5, 0.6) is 0 Å². The first kappa shape index (κ1) is 30.2. The molecule has 1 saturated carbocycles. The molecule has 3 N–H and O–H groups in total. The normalized spacial score (nSPS) is 21.5. The summed E-state index contributed by atoms with van der Waals surface area (Å²) in [6.07, 6.45) is 5.42. The third kappa shape index (κ3) is 7.96. The van der Waals surface area contributed by atoms with Crippen molar-refractivity contribution in [2.24, 2.45) is 0 Å². The first-order chi connectivity index (χ1) is 20.5. The van der Waals surface area contributed by atoms with Gasteiger partial charge < -0.3 is 25.4 Å². The zero-order chi connectivity index (χ0) is 29.3. The van der Waals surface area contributed by atoms with Crippen LogP contribution in [-0.2, 0) is 27.3 Å². The minimum atomic E-state index is -1.30. The number of carbonyl (C=O) groups excluding carboxylic acids is 3. The van der Waals surface area contributed by atoms with E-state index < -0.39 is 24.1 Å². The topological polar surface area (TPSA) is 111 Å². The predicted molar refractivity (Wildman–Crippen MR) is 160 cm³/mol. The quantitative estimate of drug-likeness (QED) is 0.401. The lowest BCUT2D eigenvalue weighted by Crippen LogP contribution is -2.56. The number of ether oxygens (including phenoxy) is 1. The van der Waals surface area contributed by atoms with E-state index in [0.717, 1.165) is 69.7 Å². The van der Waals surface area contributed by atoms with E-state index >= 15 is 0 Å². The van der Waals surface area contributed by atoms with E-state index in [4.69, 9.17) is 4.74 Å². The molecule has 226 valence electrons. The van der Waals surface area contributed by atoms with Crippen molar-refractivity contribution in [1.82, 2.24) is 20.4 Å². The highest BCUT2D eigenvalue weighted by Crippen LogP contribution is 2.24. The van der Waals surface area contributed by atoms with Gasteiger partial charge in [0.25, 0.3) is 11.8 Å². The number of morpholine rings is 1. The van der Waals surface area contributed by atoms with Crippen molar-refractivity contribution >= 4 is 17.7 Å². The van der Waals surface area contributed by atoms with E-state index in [1.54, 1.807) is 17.0 Å². The number of nitrogens with zero attached hydrogens (tertiary/aromatic N) is 2. The Morgan fingerprint density at radius 1 is 0.857 bits per heavy atom. The summed E-state index contributed by atoms with van der Waals surface area (Å²) in [7, 11) is 0. The standard InChI is InChI=1S/C33H44N4O5/c38-30(32(40)34-27-10-5-2-6-11-27)29-12-7-17-37(29)33(41)28(22-24-8-3-1-4-9-24)35-31(39)26-15-13-25(14-16-26)23-36-18-20-42-21-19-36/h1,3-4,8-9,13-16,27-30,38H,2,5-7,10-12,17-23H2,(H,34,40)(H,35,39)/t28-,29?,30?/m0/s1. The van der Waals surface area contributed by atoms with Crippen LogP contribution >= 0.6 is 0 Å².